The van der Waals surface area contributed by atoms with Crippen molar-refractivity contribution >= 4 is 33.4 Å². The summed E-state index contributed by atoms with van der Waals surface area (Å²) in [4.78, 5) is 26.1. The van der Waals surface area contributed by atoms with Crippen molar-refractivity contribution in [1.29, 1.82) is 0 Å². The zero-order valence-corrected chi connectivity index (χ0v) is 22.5. The van der Waals surface area contributed by atoms with Gasteiger partial charge in [0, 0.05) is 21.8 Å². The van der Waals surface area contributed by atoms with Crippen LogP contribution in [0.2, 0.25) is 0 Å². The maximum atomic E-state index is 14.4. The molecule has 0 saturated heterocycles. The summed E-state index contributed by atoms with van der Waals surface area (Å²) in [6.07, 6.45) is 3.00. The minimum Gasteiger partial charge on any atom is -0.497 e. The Balaban J connectivity index is 1.61. The van der Waals surface area contributed by atoms with E-state index in [-0.39, 0.29) is 5.91 Å². The Morgan fingerprint density at radius 3 is 2.22 bits per heavy atom. The van der Waals surface area contributed by atoms with Crippen LogP contribution < -0.4 is 9.64 Å². The number of carbonyl (C=O) groups excluding carboxylic acids is 1. The molecule has 1 aliphatic heterocycles. The summed E-state index contributed by atoms with van der Waals surface area (Å²) >= 11 is 3.56. The van der Waals surface area contributed by atoms with Crippen molar-refractivity contribution in [3.05, 3.63) is 124 Å². The molecule has 4 aromatic rings. The molecule has 5 nitrogen and oxygen atoms in total. The topological polar surface area (TPSA) is 54.8 Å². The fourth-order valence-corrected chi connectivity index (χ4v) is 5.05. The van der Waals surface area contributed by atoms with Gasteiger partial charge in [-0.25, -0.2) is 4.98 Å². The van der Waals surface area contributed by atoms with Gasteiger partial charge in [-0.05, 0) is 65.0 Å². The number of rotatable bonds is 6. The van der Waals surface area contributed by atoms with Gasteiger partial charge in [-0.15, -0.1) is 0 Å². The number of aliphatic imine (C=N–C) groups is 1. The third-order valence-electron chi connectivity index (χ3n) is 6.70. The minimum absolute atomic E-state index is 0.0683. The first-order valence-electron chi connectivity index (χ1n) is 12.3. The van der Waals surface area contributed by atoms with Crippen molar-refractivity contribution in [3.8, 4) is 5.75 Å². The molecular weight excluding hydrogens is 526 g/mol. The molecule has 2 heterocycles. The molecule has 186 valence electrons. The average molecular weight is 554 g/mol. The Hall–Kier alpha value is -3.77. The maximum Gasteiger partial charge on any atom is 0.256 e. The highest BCUT2D eigenvalue weighted by molar-refractivity contribution is 9.10. The number of pyridine rings is 1. The summed E-state index contributed by atoms with van der Waals surface area (Å²) in [5, 5.41) is 0. The van der Waals surface area contributed by atoms with Gasteiger partial charge in [0.2, 0.25) is 0 Å². The molecule has 0 saturated carbocycles. The quantitative estimate of drug-likeness (QED) is 0.252. The van der Waals surface area contributed by atoms with E-state index in [4.69, 9.17) is 9.73 Å². The highest BCUT2D eigenvalue weighted by Gasteiger charge is 2.41. The van der Waals surface area contributed by atoms with Crippen LogP contribution in [0.1, 0.15) is 35.6 Å². The van der Waals surface area contributed by atoms with E-state index >= 15 is 0 Å². The van der Waals surface area contributed by atoms with Crippen LogP contribution in [0.5, 0.6) is 5.75 Å². The number of anilines is 1. The van der Waals surface area contributed by atoms with E-state index in [2.05, 4.69) is 27.0 Å². The molecule has 1 atom stereocenters. The molecular formula is C31H28BrN3O2. The standard InChI is InChI=1S/C31H28BrN3O2/c1-31(34-28(23-9-5-3-6-10-23)24-11-7-4-8-12-24)18-17-25-19-26(32)20-33-29(25)35(30(31)36)21-22-13-15-27(37-2)16-14-22/h3-16,19-20H,17-18,21H2,1-2H3. The lowest BCUT2D eigenvalue weighted by molar-refractivity contribution is -0.123. The van der Waals surface area contributed by atoms with E-state index in [0.29, 0.717) is 25.2 Å². The van der Waals surface area contributed by atoms with Crippen molar-refractivity contribution in [3.63, 3.8) is 0 Å². The summed E-state index contributed by atoms with van der Waals surface area (Å²) in [6, 6.07) is 30.0. The molecule has 5 rings (SSSR count). The second-order valence-corrected chi connectivity index (χ2v) is 10.3. The third-order valence-corrected chi connectivity index (χ3v) is 7.14. The Bertz CT molecular complexity index is 1380. The van der Waals surface area contributed by atoms with E-state index in [9.17, 15) is 4.79 Å². The maximum absolute atomic E-state index is 14.4. The first-order valence-corrected chi connectivity index (χ1v) is 13.1. The number of aryl methyl sites for hydroxylation is 1. The molecule has 1 unspecified atom stereocenters. The van der Waals surface area contributed by atoms with Crippen LogP contribution in [0.4, 0.5) is 5.82 Å². The summed E-state index contributed by atoms with van der Waals surface area (Å²) in [5.74, 6) is 1.39. The number of carbonyl (C=O) groups is 1. The van der Waals surface area contributed by atoms with E-state index in [1.807, 2.05) is 91.9 Å². The van der Waals surface area contributed by atoms with Crippen molar-refractivity contribution < 1.29 is 9.53 Å². The average Bonchev–Trinajstić information content (AvgIpc) is 3.03. The molecule has 37 heavy (non-hydrogen) atoms. The van der Waals surface area contributed by atoms with E-state index < -0.39 is 5.54 Å². The largest absolute Gasteiger partial charge is 0.497 e. The van der Waals surface area contributed by atoms with Crippen LogP contribution in [0.3, 0.4) is 0 Å². The highest BCUT2D eigenvalue weighted by Crippen LogP contribution is 2.35. The molecule has 0 aliphatic carbocycles. The van der Waals surface area contributed by atoms with Crippen LogP contribution in [0.15, 0.2) is 107 Å². The second kappa shape index (κ2) is 10.7. The van der Waals surface area contributed by atoms with E-state index in [1.165, 1.54) is 0 Å². The normalized spacial score (nSPS) is 17.1. The molecule has 1 aliphatic rings. The van der Waals surface area contributed by atoms with Crippen LogP contribution in [-0.2, 0) is 17.8 Å². The van der Waals surface area contributed by atoms with Crippen LogP contribution in [-0.4, -0.2) is 29.3 Å². The smallest absolute Gasteiger partial charge is 0.256 e. The number of amides is 1. The number of hydrogen-bond acceptors (Lipinski definition) is 4. The van der Waals surface area contributed by atoms with E-state index in [0.717, 1.165) is 38.2 Å². The fraction of sp³-hybridized carbons (Fsp3) is 0.194. The van der Waals surface area contributed by atoms with Crippen molar-refractivity contribution in [2.24, 2.45) is 4.99 Å². The lowest BCUT2D eigenvalue weighted by atomic mass is 9.92. The lowest BCUT2D eigenvalue weighted by Gasteiger charge is -2.30. The predicted molar refractivity (Wildman–Crippen MR) is 151 cm³/mol. The van der Waals surface area contributed by atoms with Crippen molar-refractivity contribution in [2.75, 3.05) is 12.0 Å². The molecule has 0 fully saturated rings. The van der Waals surface area contributed by atoms with Gasteiger partial charge in [0.15, 0.2) is 0 Å². The van der Waals surface area contributed by atoms with Gasteiger partial charge in [-0.1, -0.05) is 72.8 Å². The van der Waals surface area contributed by atoms with Crippen molar-refractivity contribution in [2.45, 2.75) is 31.8 Å². The van der Waals surface area contributed by atoms with E-state index in [1.54, 1.807) is 18.2 Å². The second-order valence-electron chi connectivity index (χ2n) is 9.34. The van der Waals surface area contributed by atoms with Gasteiger partial charge in [0.05, 0.1) is 19.4 Å². The lowest BCUT2D eigenvalue weighted by Crippen LogP contribution is -2.46. The highest BCUT2D eigenvalue weighted by atomic mass is 79.9. The Morgan fingerprint density at radius 1 is 1.00 bits per heavy atom. The monoisotopic (exact) mass is 553 g/mol. The third kappa shape index (κ3) is 5.35. The van der Waals surface area contributed by atoms with Gasteiger partial charge < -0.3 is 4.74 Å². The minimum atomic E-state index is -0.985. The first-order chi connectivity index (χ1) is 18.0. The number of ether oxygens (including phenoxy) is 1. The molecule has 0 bridgehead atoms. The van der Waals surface area contributed by atoms with Crippen LogP contribution >= 0.6 is 15.9 Å². The number of aromatic nitrogens is 1. The van der Waals surface area contributed by atoms with Crippen molar-refractivity contribution in [1.82, 2.24) is 4.98 Å². The molecule has 0 radical (unpaired) electrons. The number of methoxy groups -OCH3 is 1. The number of fused-ring (bicyclic) bond motifs is 1. The molecule has 3 aromatic carbocycles. The first kappa shape index (κ1) is 24.9. The summed E-state index contributed by atoms with van der Waals surface area (Å²) in [5.41, 5.74) is 3.79. The van der Waals surface area contributed by atoms with Crippen LogP contribution in [0.25, 0.3) is 0 Å². The predicted octanol–water partition coefficient (Wildman–Crippen LogP) is 6.63. The summed E-state index contributed by atoms with van der Waals surface area (Å²) < 4.78 is 6.21. The van der Waals surface area contributed by atoms with Gasteiger partial charge in [-0.2, -0.15) is 0 Å². The SMILES string of the molecule is COc1ccc(CN2C(=O)C(C)(N=C(c3ccccc3)c3ccccc3)CCc3cc(Br)cnc32)cc1. The molecule has 0 spiro atoms. The van der Waals surface area contributed by atoms with Gasteiger partial charge in [-0.3, -0.25) is 14.7 Å². The van der Waals surface area contributed by atoms with Gasteiger partial charge in [0.1, 0.15) is 17.1 Å². The zero-order chi connectivity index (χ0) is 25.8. The van der Waals surface area contributed by atoms with Gasteiger partial charge in [0.25, 0.3) is 5.91 Å². The number of benzene rings is 3. The molecule has 1 amide bonds. The van der Waals surface area contributed by atoms with Gasteiger partial charge >= 0.3 is 0 Å². The summed E-state index contributed by atoms with van der Waals surface area (Å²) in [7, 11) is 1.64. The Morgan fingerprint density at radius 2 is 1.62 bits per heavy atom. The molecule has 6 heteroatoms. The van der Waals surface area contributed by atoms with Crippen LogP contribution in [0, 0.1) is 0 Å². The number of hydrogen-bond donors (Lipinski definition) is 0. The molecule has 0 N–H and O–H groups in total. The Kier molecular flexibility index (Phi) is 7.19. The Labute approximate surface area is 226 Å². The number of halogens is 1. The molecule has 1 aromatic heterocycles. The summed E-state index contributed by atoms with van der Waals surface area (Å²) in [6.45, 7) is 2.34. The zero-order valence-electron chi connectivity index (χ0n) is 20.9. The number of nitrogens with zero attached hydrogens (tertiary/aromatic N) is 3. The fourth-order valence-electron chi connectivity index (χ4n) is 4.67.